The van der Waals surface area contributed by atoms with Gasteiger partial charge in [0, 0.05) is 17.5 Å². The average Bonchev–Trinajstić information content (AvgIpc) is 3.45. The molecule has 1 atom stereocenters. The zero-order valence-corrected chi connectivity index (χ0v) is 22.1. The minimum atomic E-state index is -0.640. The standard InChI is InChI=1S/C34H21F2N5O/c35-24-13-9-20(10-14-24)30-18-29(31-26-7-3-1-5-22(26)17-23-6-2-4-8-27(23)31)40-41(30)34-38-32(28(19-37)33(42)39-34)21-11-15-25(36)16-12-21/h1-17,30H,18H2,(H,38,39,42). The lowest BCUT2D eigenvalue weighted by atomic mass is 9.91. The molecular formula is C34H21F2N5O. The highest BCUT2D eigenvalue weighted by Gasteiger charge is 2.33. The Morgan fingerprint density at radius 1 is 0.833 bits per heavy atom. The smallest absolute Gasteiger partial charge is 0.270 e. The lowest BCUT2D eigenvalue weighted by Crippen LogP contribution is -2.25. The number of rotatable bonds is 4. The molecule has 0 spiro atoms. The number of nitrogens with one attached hydrogen (secondary N) is 1. The van der Waals surface area contributed by atoms with Crippen molar-refractivity contribution < 1.29 is 8.78 Å². The van der Waals surface area contributed by atoms with E-state index in [2.05, 4.69) is 40.3 Å². The van der Waals surface area contributed by atoms with Gasteiger partial charge >= 0.3 is 0 Å². The summed E-state index contributed by atoms with van der Waals surface area (Å²) in [7, 11) is 0. The van der Waals surface area contributed by atoms with Crippen molar-refractivity contribution in [3.05, 3.63) is 142 Å². The molecule has 6 nitrogen and oxygen atoms in total. The van der Waals surface area contributed by atoms with Crippen LogP contribution in [0.5, 0.6) is 0 Å². The summed E-state index contributed by atoms with van der Waals surface area (Å²) in [4.78, 5) is 20.6. The molecule has 8 heteroatoms. The number of fused-ring (bicyclic) bond motifs is 2. The number of anilines is 1. The molecule has 0 radical (unpaired) electrons. The van der Waals surface area contributed by atoms with Crippen LogP contribution in [0, 0.1) is 23.0 Å². The maximum absolute atomic E-state index is 13.9. The number of hydrazone groups is 1. The van der Waals surface area contributed by atoms with Gasteiger partial charge in [0.25, 0.3) is 5.56 Å². The molecule has 7 rings (SSSR count). The normalized spacial score (nSPS) is 14.7. The molecule has 202 valence electrons. The van der Waals surface area contributed by atoms with Gasteiger partial charge in [-0.05, 0) is 69.6 Å². The number of hydrogen-bond donors (Lipinski definition) is 1. The molecule has 5 aromatic carbocycles. The second kappa shape index (κ2) is 10.1. The zero-order valence-electron chi connectivity index (χ0n) is 22.1. The predicted molar refractivity (Wildman–Crippen MR) is 159 cm³/mol. The second-order valence-corrected chi connectivity index (χ2v) is 10.1. The Labute approximate surface area is 238 Å². The molecule has 1 aromatic heterocycles. The van der Waals surface area contributed by atoms with E-state index in [0.717, 1.165) is 38.4 Å². The quantitative estimate of drug-likeness (QED) is 0.233. The first-order valence-electron chi connectivity index (χ1n) is 13.3. The van der Waals surface area contributed by atoms with Crippen LogP contribution in [0.3, 0.4) is 0 Å². The molecule has 0 saturated heterocycles. The van der Waals surface area contributed by atoms with Crippen LogP contribution in [-0.2, 0) is 0 Å². The van der Waals surface area contributed by atoms with Gasteiger partial charge in [0.05, 0.1) is 17.4 Å². The first-order valence-corrected chi connectivity index (χ1v) is 13.3. The molecule has 0 amide bonds. The van der Waals surface area contributed by atoms with Gasteiger partial charge in [-0.1, -0.05) is 60.7 Å². The van der Waals surface area contributed by atoms with Crippen LogP contribution in [0.1, 0.15) is 29.2 Å². The van der Waals surface area contributed by atoms with Crippen LogP contribution >= 0.6 is 0 Å². The van der Waals surface area contributed by atoms with Gasteiger partial charge in [-0.2, -0.15) is 10.4 Å². The Balaban J connectivity index is 1.46. The van der Waals surface area contributed by atoms with E-state index in [1.54, 1.807) is 17.1 Å². The highest BCUT2D eigenvalue weighted by Crippen LogP contribution is 2.39. The number of benzene rings is 5. The van der Waals surface area contributed by atoms with Crippen molar-refractivity contribution in [2.75, 3.05) is 5.01 Å². The Bertz CT molecular complexity index is 2080. The number of H-pyrrole nitrogens is 1. The summed E-state index contributed by atoms with van der Waals surface area (Å²) < 4.78 is 27.6. The van der Waals surface area contributed by atoms with Crippen LogP contribution < -0.4 is 10.6 Å². The molecule has 0 bridgehead atoms. The van der Waals surface area contributed by atoms with Gasteiger partial charge in [0.1, 0.15) is 23.3 Å². The minimum absolute atomic E-state index is 0.118. The summed E-state index contributed by atoms with van der Waals surface area (Å²) in [6, 6.07) is 31.4. The number of nitriles is 1. The van der Waals surface area contributed by atoms with E-state index >= 15 is 0 Å². The van der Waals surface area contributed by atoms with Gasteiger partial charge in [-0.15, -0.1) is 0 Å². The maximum Gasteiger partial charge on any atom is 0.270 e. The van der Waals surface area contributed by atoms with Crippen LogP contribution in [-0.4, -0.2) is 15.7 Å². The summed E-state index contributed by atoms with van der Waals surface area (Å²) >= 11 is 0. The van der Waals surface area contributed by atoms with Crippen LogP contribution in [0.25, 0.3) is 32.8 Å². The molecule has 1 unspecified atom stereocenters. The molecule has 0 aliphatic carbocycles. The highest BCUT2D eigenvalue weighted by atomic mass is 19.1. The minimum Gasteiger partial charge on any atom is -0.290 e. The summed E-state index contributed by atoms with van der Waals surface area (Å²) in [6.45, 7) is 0. The zero-order chi connectivity index (χ0) is 28.8. The largest absolute Gasteiger partial charge is 0.290 e. The Hall–Kier alpha value is -5.68. The van der Waals surface area contributed by atoms with Crippen molar-refractivity contribution in [2.24, 2.45) is 5.10 Å². The molecule has 0 fully saturated rings. The van der Waals surface area contributed by atoms with Crippen LogP contribution in [0.15, 0.2) is 113 Å². The van der Waals surface area contributed by atoms with E-state index < -0.39 is 17.4 Å². The first kappa shape index (κ1) is 25.3. The molecular weight excluding hydrogens is 532 g/mol. The topological polar surface area (TPSA) is 85.1 Å². The number of halogens is 2. The van der Waals surface area contributed by atoms with Gasteiger partial charge in [-0.3, -0.25) is 9.78 Å². The Morgan fingerprint density at radius 3 is 2.05 bits per heavy atom. The van der Waals surface area contributed by atoms with Gasteiger partial charge < -0.3 is 0 Å². The lowest BCUT2D eigenvalue weighted by Gasteiger charge is -2.23. The van der Waals surface area contributed by atoms with E-state index in [1.165, 1.54) is 36.4 Å². The average molecular weight is 554 g/mol. The SMILES string of the molecule is N#Cc1c(-c2ccc(F)cc2)nc(N2N=C(c3c4ccccc4cc4ccccc34)CC2c2ccc(F)cc2)[nH]c1=O. The third kappa shape index (κ3) is 4.28. The van der Waals surface area contributed by atoms with E-state index in [0.29, 0.717) is 12.0 Å². The Morgan fingerprint density at radius 2 is 1.43 bits per heavy atom. The van der Waals surface area contributed by atoms with Crippen molar-refractivity contribution in [1.29, 1.82) is 5.26 Å². The number of aromatic nitrogens is 2. The van der Waals surface area contributed by atoms with Crippen molar-refractivity contribution >= 4 is 33.2 Å². The van der Waals surface area contributed by atoms with Crippen LogP contribution in [0.2, 0.25) is 0 Å². The molecule has 0 saturated carbocycles. The van der Waals surface area contributed by atoms with E-state index in [9.17, 15) is 18.8 Å². The third-order valence-corrected chi connectivity index (χ3v) is 7.58. The highest BCUT2D eigenvalue weighted by molar-refractivity contribution is 6.21. The van der Waals surface area contributed by atoms with Crippen molar-refractivity contribution in [3.63, 3.8) is 0 Å². The monoisotopic (exact) mass is 553 g/mol. The van der Waals surface area contributed by atoms with Gasteiger partial charge in [-0.25, -0.2) is 18.8 Å². The fraction of sp³-hybridized carbons (Fsp3) is 0.0588. The van der Waals surface area contributed by atoms with Crippen molar-refractivity contribution in [2.45, 2.75) is 12.5 Å². The number of hydrogen-bond acceptors (Lipinski definition) is 5. The summed E-state index contributed by atoms with van der Waals surface area (Å²) in [5.74, 6) is -0.699. The third-order valence-electron chi connectivity index (χ3n) is 7.58. The first-order chi connectivity index (χ1) is 20.5. The lowest BCUT2D eigenvalue weighted by molar-refractivity contribution is 0.623. The molecule has 1 N–H and O–H groups in total. The maximum atomic E-state index is 13.9. The Kier molecular flexibility index (Phi) is 6.06. The summed E-state index contributed by atoms with van der Waals surface area (Å²) in [5.41, 5.74) is 2.22. The molecule has 2 heterocycles. The number of nitrogens with zero attached hydrogens (tertiary/aromatic N) is 4. The molecule has 6 aromatic rings. The molecule has 1 aliphatic heterocycles. The van der Waals surface area contributed by atoms with E-state index in [1.807, 2.05) is 30.3 Å². The fourth-order valence-electron chi connectivity index (χ4n) is 5.62. The van der Waals surface area contributed by atoms with E-state index in [-0.39, 0.29) is 23.0 Å². The summed E-state index contributed by atoms with van der Waals surface area (Å²) in [5, 5.41) is 20.6. The molecule has 1 aliphatic rings. The summed E-state index contributed by atoms with van der Waals surface area (Å²) in [6.07, 6.45) is 0.444. The van der Waals surface area contributed by atoms with Crippen molar-refractivity contribution in [3.8, 4) is 17.3 Å². The number of aromatic amines is 1. The second-order valence-electron chi connectivity index (χ2n) is 10.1. The van der Waals surface area contributed by atoms with E-state index in [4.69, 9.17) is 5.10 Å². The van der Waals surface area contributed by atoms with Crippen LogP contribution in [0.4, 0.5) is 14.7 Å². The van der Waals surface area contributed by atoms with Crippen molar-refractivity contribution in [1.82, 2.24) is 9.97 Å². The van der Waals surface area contributed by atoms with Gasteiger partial charge in [0.15, 0.2) is 0 Å². The fourth-order valence-corrected chi connectivity index (χ4v) is 5.62. The predicted octanol–water partition coefficient (Wildman–Crippen LogP) is 7.25. The molecule has 42 heavy (non-hydrogen) atoms. The van der Waals surface area contributed by atoms with Gasteiger partial charge in [0.2, 0.25) is 5.95 Å².